The highest BCUT2D eigenvalue weighted by atomic mass is 32.1. The summed E-state index contributed by atoms with van der Waals surface area (Å²) in [5.41, 5.74) is 0. The van der Waals surface area contributed by atoms with Crippen molar-refractivity contribution in [2.75, 3.05) is 13.1 Å². The summed E-state index contributed by atoms with van der Waals surface area (Å²) in [6, 6.07) is 0. The maximum atomic E-state index is 3.11. The molecule has 0 saturated carbocycles. The molecule has 0 atom stereocenters. The lowest BCUT2D eigenvalue weighted by atomic mass is 10.3. The molecule has 1 saturated heterocycles. The number of hydrogen-bond acceptors (Lipinski definition) is 1. The van der Waals surface area contributed by atoms with Crippen molar-refractivity contribution in [3.8, 4) is 0 Å². The van der Waals surface area contributed by atoms with Crippen molar-refractivity contribution in [1.82, 2.24) is 5.32 Å². The first kappa shape index (κ1) is 5.31. The van der Waals surface area contributed by atoms with E-state index in [1.807, 2.05) is 0 Å². The summed E-state index contributed by atoms with van der Waals surface area (Å²) in [4.78, 5) is 0. The molecule has 0 spiro atoms. The predicted octanol–water partition coefficient (Wildman–Crippen LogP) is 0.0925. The molecule has 0 aromatic rings. The fourth-order valence-corrected chi connectivity index (χ4v) is 0.177. The molecule has 32 valence electrons. The van der Waals surface area contributed by atoms with Gasteiger partial charge in [0.15, 0.2) is 0 Å². The summed E-state index contributed by atoms with van der Waals surface area (Å²) in [7, 11) is 0. The van der Waals surface area contributed by atoms with Crippen LogP contribution < -0.4 is 5.32 Å². The lowest BCUT2D eigenvalue weighted by Gasteiger charge is -2.09. The normalized spacial score (nSPS) is 19.2. The molecule has 1 aliphatic rings. The molecule has 1 heterocycles. The van der Waals surface area contributed by atoms with Crippen molar-refractivity contribution < 1.29 is 0 Å². The van der Waals surface area contributed by atoms with E-state index in [1.165, 1.54) is 19.5 Å². The quantitative estimate of drug-likeness (QED) is 0.445. The van der Waals surface area contributed by atoms with Crippen LogP contribution in [-0.4, -0.2) is 13.1 Å². The van der Waals surface area contributed by atoms with Gasteiger partial charge >= 0.3 is 0 Å². The van der Waals surface area contributed by atoms with Crippen molar-refractivity contribution in [2.45, 2.75) is 6.42 Å². The zero-order valence-electron chi connectivity index (χ0n) is 3.12. The maximum absolute atomic E-state index is 3.11. The van der Waals surface area contributed by atoms with Gasteiger partial charge in [0.05, 0.1) is 0 Å². The van der Waals surface area contributed by atoms with Crippen LogP contribution in [0.5, 0.6) is 0 Å². The largest absolute Gasteiger partial charge is 0.317 e. The minimum atomic E-state index is 0. The van der Waals surface area contributed by atoms with E-state index < -0.39 is 0 Å². The zero-order valence-corrected chi connectivity index (χ0v) is 4.12. The molecule has 0 unspecified atom stereocenters. The fourth-order valence-electron chi connectivity index (χ4n) is 0.177. The predicted molar refractivity (Wildman–Crippen MR) is 27.9 cm³/mol. The van der Waals surface area contributed by atoms with E-state index in [-0.39, 0.29) is 13.5 Å². The van der Waals surface area contributed by atoms with E-state index >= 15 is 0 Å². The SMILES string of the molecule is C1CNC1.S. The number of rotatable bonds is 0. The van der Waals surface area contributed by atoms with E-state index in [2.05, 4.69) is 5.32 Å². The van der Waals surface area contributed by atoms with Crippen molar-refractivity contribution in [2.24, 2.45) is 0 Å². The first-order valence-corrected chi connectivity index (χ1v) is 1.71. The molecule has 0 aromatic carbocycles. The van der Waals surface area contributed by atoms with E-state index in [0.717, 1.165) is 0 Å². The fraction of sp³-hybridized carbons (Fsp3) is 1.00. The number of nitrogens with one attached hydrogen (secondary N) is 1. The van der Waals surface area contributed by atoms with Crippen molar-refractivity contribution >= 4 is 13.5 Å². The van der Waals surface area contributed by atoms with E-state index in [9.17, 15) is 0 Å². The van der Waals surface area contributed by atoms with Gasteiger partial charge in [0, 0.05) is 0 Å². The van der Waals surface area contributed by atoms with Gasteiger partial charge in [-0.15, -0.1) is 0 Å². The third-order valence-electron chi connectivity index (χ3n) is 0.707. The Labute approximate surface area is 39.2 Å². The van der Waals surface area contributed by atoms with E-state index in [4.69, 9.17) is 0 Å². The van der Waals surface area contributed by atoms with Crippen LogP contribution in [0.15, 0.2) is 0 Å². The van der Waals surface area contributed by atoms with Crippen molar-refractivity contribution in [3.63, 3.8) is 0 Å². The summed E-state index contributed by atoms with van der Waals surface area (Å²) >= 11 is 0. The zero-order chi connectivity index (χ0) is 2.83. The molecule has 0 radical (unpaired) electrons. The minimum Gasteiger partial charge on any atom is -0.317 e. The van der Waals surface area contributed by atoms with Gasteiger partial charge in [-0.1, -0.05) is 0 Å². The van der Waals surface area contributed by atoms with Crippen LogP contribution in [0, 0.1) is 0 Å². The molecule has 0 aromatic heterocycles. The monoisotopic (exact) mass is 91.0 g/mol. The Kier molecular flexibility index (Phi) is 2.70. The van der Waals surface area contributed by atoms with Gasteiger partial charge in [0.25, 0.3) is 0 Å². The molecular formula is C3H9NS. The van der Waals surface area contributed by atoms with Gasteiger partial charge in [0.1, 0.15) is 0 Å². The highest BCUT2D eigenvalue weighted by Gasteiger charge is 1.92. The summed E-state index contributed by atoms with van der Waals surface area (Å²) in [5, 5.41) is 3.11. The molecular weight excluding hydrogens is 82.1 g/mol. The topological polar surface area (TPSA) is 12.0 Å². The molecule has 0 bridgehead atoms. The second-order valence-corrected chi connectivity index (χ2v) is 1.10. The Morgan fingerprint density at radius 3 is 1.40 bits per heavy atom. The van der Waals surface area contributed by atoms with Gasteiger partial charge < -0.3 is 5.32 Å². The molecule has 1 nitrogen and oxygen atoms in total. The Bertz CT molecular complexity index is 14.9. The molecule has 0 amide bonds. The highest BCUT2D eigenvalue weighted by molar-refractivity contribution is 7.59. The van der Waals surface area contributed by atoms with Crippen LogP contribution in [0.1, 0.15) is 6.42 Å². The lowest BCUT2D eigenvalue weighted by Crippen LogP contribution is -2.29. The van der Waals surface area contributed by atoms with Crippen molar-refractivity contribution in [3.05, 3.63) is 0 Å². The first-order valence-electron chi connectivity index (χ1n) is 1.71. The average molecular weight is 91.2 g/mol. The lowest BCUT2D eigenvalue weighted by molar-refractivity contribution is 0.527. The molecule has 1 rings (SSSR count). The molecule has 1 aliphatic heterocycles. The Hall–Kier alpha value is 0.310. The van der Waals surface area contributed by atoms with Crippen LogP contribution in [-0.2, 0) is 0 Å². The third kappa shape index (κ3) is 1.24. The standard InChI is InChI=1S/C3H7N.H2S/c1-2-4-3-1;/h4H,1-3H2;1H2. The van der Waals surface area contributed by atoms with Crippen molar-refractivity contribution in [1.29, 1.82) is 0 Å². The maximum Gasteiger partial charge on any atom is -0.00368 e. The van der Waals surface area contributed by atoms with Crippen LogP contribution in [0.2, 0.25) is 0 Å². The molecule has 2 heteroatoms. The summed E-state index contributed by atoms with van der Waals surface area (Å²) in [6.07, 6.45) is 1.39. The summed E-state index contributed by atoms with van der Waals surface area (Å²) in [5.74, 6) is 0. The Morgan fingerprint density at radius 1 is 1.20 bits per heavy atom. The van der Waals surface area contributed by atoms with Gasteiger partial charge in [-0.25, -0.2) is 0 Å². The van der Waals surface area contributed by atoms with Crippen LogP contribution in [0.3, 0.4) is 0 Å². The smallest absolute Gasteiger partial charge is 0.00368 e. The third-order valence-corrected chi connectivity index (χ3v) is 0.707. The Morgan fingerprint density at radius 2 is 1.40 bits per heavy atom. The summed E-state index contributed by atoms with van der Waals surface area (Å²) < 4.78 is 0. The van der Waals surface area contributed by atoms with Crippen LogP contribution >= 0.6 is 13.5 Å². The first-order chi connectivity index (χ1) is 2.00. The van der Waals surface area contributed by atoms with Gasteiger partial charge in [-0.2, -0.15) is 13.5 Å². The Balaban J connectivity index is 0.000000160. The molecule has 1 fully saturated rings. The second kappa shape index (κ2) is 2.54. The van der Waals surface area contributed by atoms with Gasteiger partial charge in [-0.3, -0.25) is 0 Å². The van der Waals surface area contributed by atoms with Crippen LogP contribution in [0.25, 0.3) is 0 Å². The molecule has 0 aliphatic carbocycles. The highest BCUT2D eigenvalue weighted by Crippen LogP contribution is 1.80. The van der Waals surface area contributed by atoms with E-state index in [1.54, 1.807) is 0 Å². The molecule has 5 heavy (non-hydrogen) atoms. The van der Waals surface area contributed by atoms with Crippen LogP contribution in [0.4, 0.5) is 0 Å². The second-order valence-electron chi connectivity index (χ2n) is 1.10. The minimum absolute atomic E-state index is 0. The molecule has 1 N–H and O–H groups in total. The van der Waals surface area contributed by atoms with Gasteiger partial charge in [0.2, 0.25) is 0 Å². The van der Waals surface area contributed by atoms with E-state index in [0.29, 0.717) is 0 Å². The average Bonchev–Trinajstić information content (AvgIpc) is 0.722. The van der Waals surface area contributed by atoms with Gasteiger partial charge in [-0.05, 0) is 19.5 Å². The summed E-state index contributed by atoms with van der Waals surface area (Å²) in [6.45, 7) is 2.50. The number of hydrogen-bond donors (Lipinski definition) is 1.